The molecule has 1 aromatic rings. The number of sulfonamides is 1. The van der Waals surface area contributed by atoms with Gasteiger partial charge in [-0.15, -0.1) is 0 Å². The van der Waals surface area contributed by atoms with Gasteiger partial charge in [0.15, 0.2) is 0 Å². The average molecular weight is 315 g/mol. The summed E-state index contributed by atoms with van der Waals surface area (Å²) < 4.78 is 39.3. The fourth-order valence-corrected chi connectivity index (χ4v) is 4.35. The molecule has 118 valence electrons. The van der Waals surface area contributed by atoms with E-state index in [9.17, 15) is 8.42 Å². The Bertz CT molecular complexity index is 580. The van der Waals surface area contributed by atoms with Gasteiger partial charge in [0.05, 0.1) is 25.5 Å². The highest BCUT2D eigenvalue weighted by Gasteiger charge is 2.33. The molecule has 0 radical (unpaired) electrons. The van der Waals surface area contributed by atoms with Gasteiger partial charge in [-0.2, -0.15) is 9.40 Å². The van der Waals surface area contributed by atoms with Crippen LogP contribution in [0.3, 0.4) is 0 Å². The van der Waals surface area contributed by atoms with Crippen LogP contribution in [0, 0.1) is 0 Å². The van der Waals surface area contributed by atoms with Gasteiger partial charge in [0.1, 0.15) is 4.90 Å². The van der Waals surface area contributed by atoms with Gasteiger partial charge in [0.2, 0.25) is 10.0 Å². The fraction of sp³-hybridized carbons (Fsp3) is 0.769. The normalized spacial score (nSPS) is 26.0. The van der Waals surface area contributed by atoms with E-state index in [-0.39, 0.29) is 17.0 Å². The van der Waals surface area contributed by atoms with Crippen LogP contribution in [0.5, 0.6) is 0 Å². The van der Waals surface area contributed by atoms with Crippen molar-refractivity contribution in [1.82, 2.24) is 14.1 Å². The Morgan fingerprint density at radius 1 is 1.24 bits per heavy atom. The van der Waals surface area contributed by atoms with Crippen molar-refractivity contribution in [2.75, 3.05) is 33.0 Å². The zero-order valence-corrected chi connectivity index (χ0v) is 13.0. The molecule has 2 aliphatic heterocycles. The second-order valence-corrected chi connectivity index (χ2v) is 7.43. The predicted octanol–water partition coefficient (Wildman–Crippen LogP) is 0.644. The highest BCUT2D eigenvalue weighted by Crippen LogP contribution is 2.24. The van der Waals surface area contributed by atoms with Crippen molar-refractivity contribution in [1.29, 1.82) is 0 Å². The second kappa shape index (κ2) is 6.04. The summed E-state index contributed by atoms with van der Waals surface area (Å²) in [7, 11) is -3.49. The lowest BCUT2D eigenvalue weighted by Gasteiger charge is -2.31. The largest absolute Gasteiger partial charge is 0.381 e. The van der Waals surface area contributed by atoms with Crippen LogP contribution in [0.2, 0.25) is 0 Å². The molecule has 0 aromatic carbocycles. The standard InChI is InChI=1S/C13H21N3O4S/c1-11-10-20-7-4-16(11)21(17,18)13-8-14-15(9-13)12-2-5-19-6-3-12/h8-9,11-12H,2-7,10H2,1H3/t11-/m1/s1. The molecule has 0 unspecified atom stereocenters. The number of rotatable bonds is 3. The molecule has 21 heavy (non-hydrogen) atoms. The van der Waals surface area contributed by atoms with Crippen molar-refractivity contribution in [2.24, 2.45) is 0 Å². The van der Waals surface area contributed by atoms with Crippen LogP contribution in [-0.4, -0.2) is 61.5 Å². The topological polar surface area (TPSA) is 73.7 Å². The molecule has 0 saturated carbocycles. The maximum Gasteiger partial charge on any atom is 0.246 e. The molecule has 0 spiro atoms. The van der Waals surface area contributed by atoms with E-state index in [1.165, 1.54) is 10.5 Å². The van der Waals surface area contributed by atoms with Gasteiger partial charge in [-0.05, 0) is 19.8 Å². The first-order valence-electron chi connectivity index (χ1n) is 7.30. The summed E-state index contributed by atoms with van der Waals surface area (Å²) in [4.78, 5) is 0.266. The smallest absolute Gasteiger partial charge is 0.246 e. The molecular weight excluding hydrogens is 294 g/mol. The lowest BCUT2D eigenvalue weighted by atomic mass is 10.1. The van der Waals surface area contributed by atoms with Crippen molar-refractivity contribution in [3.05, 3.63) is 12.4 Å². The minimum atomic E-state index is -3.49. The molecule has 0 amide bonds. The van der Waals surface area contributed by atoms with Crippen LogP contribution in [0.4, 0.5) is 0 Å². The quantitative estimate of drug-likeness (QED) is 0.818. The summed E-state index contributed by atoms with van der Waals surface area (Å²) in [5, 5.41) is 4.25. The third-order valence-electron chi connectivity index (χ3n) is 4.06. The van der Waals surface area contributed by atoms with Crippen molar-refractivity contribution in [3.8, 4) is 0 Å². The fourth-order valence-electron chi connectivity index (χ4n) is 2.81. The van der Waals surface area contributed by atoms with Gasteiger partial charge in [0, 0.05) is 32.0 Å². The Labute approximate surface area is 124 Å². The van der Waals surface area contributed by atoms with Crippen LogP contribution in [0.15, 0.2) is 17.3 Å². The molecule has 2 fully saturated rings. The monoisotopic (exact) mass is 315 g/mol. The molecule has 0 aliphatic carbocycles. The molecule has 3 rings (SSSR count). The first-order valence-corrected chi connectivity index (χ1v) is 8.74. The molecule has 7 nitrogen and oxygen atoms in total. The lowest BCUT2D eigenvalue weighted by molar-refractivity contribution is 0.0392. The van der Waals surface area contributed by atoms with Crippen molar-refractivity contribution < 1.29 is 17.9 Å². The van der Waals surface area contributed by atoms with E-state index in [1.54, 1.807) is 10.9 Å². The summed E-state index contributed by atoms with van der Waals surface area (Å²) in [6, 6.07) is 0.0833. The number of aromatic nitrogens is 2. The minimum Gasteiger partial charge on any atom is -0.381 e. The van der Waals surface area contributed by atoms with Gasteiger partial charge in [-0.3, -0.25) is 4.68 Å². The second-order valence-electron chi connectivity index (χ2n) is 5.54. The maximum atomic E-state index is 12.7. The highest BCUT2D eigenvalue weighted by atomic mass is 32.2. The van der Waals surface area contributed by atoms with E-state index >= 15 is 0 Å². The highest BCUT2D eigenvalue weighted by molar-refractivity contribution is 7.89. The van der Waals surface area contributed by atoms with Gasteiger partial charge >= 0.3 is 0 Å². The summed E-state index contributed by atoms with van der Waals surface area (Å²) in [5.41, 5.74) is 0. The van der Waals surface area contributed by atoms with Gasteiger partial charge < -0.3 is 9.47 Å². The SMILES string of the molecule is C[C@@H]1COCCN1S(=O)(=O)c1cnn(C2CCOCC2)c1. The molecule has 0 bridgehead atoms. The van der Waals surface area contributed by atoms with Gasteiger partial charge in [-0.25, -0.2) is 8.42 Å². The van der Waals surface area contributed by atoms with Crippen LogP contribution in [-0.2, 0) is 19.5 Å². The Kier molecular flexibility index (Phi) is 4.30. The van der Waals surface area contributed by atoms with Crippen LogP contribution in [0.25, 0.3) is 0 Å². The molecule has 2 aliphatic rings. The number of ether oxygens (including phenoxy) is 2. The Hall–Kier alpha value is -0.960. The van der Waals surface area contributed by atoms with Crippen molar-refractivity contribution >= 4 is 10.0 Å². The summed E-state index contributed by atoms with van der Waals surface area (Å²) in [5.74, 6) is 0. The van der Waals surface area contributed by atoms with Crippen LogP contribution in [0.1, 0.15) is 25.8 Å². The number of hydrogen-bond acceptors (Lipinski definition) is 5. The average Bonchev–Trinajstić information content (AvgIpc) is 2.99. The van der Waals surface area contributed by atoms with Crippen molar-refractivity contribution in [2.45, 2.75) is 36.7 Å². The zero-order valence-electron chi connectivity index (χ0n) is 12.1. The summed E-state index contributed by atoms with van der Waals surface area (Å²) in [6.45, 7) is 4.54. The molecule has 2 saturated heterocycles. The van der Waals surface area contributed by atoms with E-state index in [0.717, 1.165) is 12.8 Å². The molecule has 0 N–H and O–H groups in total. The first kappa shape index (κ1) is 15.0. The molecule has 1 aromatic heterocycles. The Morgan fingerprint density at radius 2 is 2.00 bits per heavy atom. The van der Waals surface area contributed by atoms with Gasteiger partial charge in [0.25, 0.3) is 0 Å². The van der Waals surface area contributed by atoms with Gasteiger partial charge in [-0.1, -0.05) is 0 Å². The first-order chi connectivity index (χ1) is 10.1. The Morgan fingerprint density at radius 3 is 2.71 bits per heavy atom. The van der Waals surface area contributed by atoms with E-state index in [4.69, 9.17) is 9.47 Å². The predicted molar refractivity (Wildman–Crippen MR) is 75.5 cm³/mol. The van der Waals surface area contributed by atoms with Crippen molar-refractivity contribution in [3.63, 3.8) is 0 Å². The lowest BCUT2D eigenvalue weighted by Crippen LogP contribution is -2.46. The summed E-state index contributed by atoms with van der Waals surface area (Å²) >= 11 is 0. The molecule has 3 heterocycles. The Balaban J connectivity index is 1.80. The number of nitrogens with zero attached hydrogens (tertiary/aromatic N) is 3. The third-order valence-corrected chi connectivity index (χ3v) is 6.02. The molecule has 1 atom stereocenters. The van der Waals surface area contributed by atoms with E-state index in [2.05, 4.69) is 5.10 Å². The van der Waals surface area contributed by atoms with E-state index in [0.29, 0.717) is 33.0 Å². The number of hydrogen-bond donors (Lipinski definition) is 0. The molecule has 8 heteroatoms. The number of morpholine rings is 1. The van der Waals surface area contributed by atoms with E-state index < -0.39 is 10.0 Å². The zero-order chi connectivity index (χ0) is 14.9. The van der Waals surface area contributed by atoms with E-state index in [1.807, 2.05) is 6.92 Å². The third kappa shape index (κ3) is 2.98. The minimum absolute atomic E-state index is 0.143. The van der Waals surface area contributed by atoms with Crippen LogP contribution < -0.4 is 0 Å². The maximum absolute atomic E-state index is 12.7. The van der Waals surface area contributed by atoms with Crippen LogP contribution >= 0.6 is 0 Å². The summed E-state index contributed by atoms with van der Waals surface area (Å²) in [6.07, 6.45) is 4.84. The molecular formula is C13H21N3O4S.